The van der Waals surface area contributed by atoms with E-state index in [1.54, 1.807) is 23.1 Å². The van der Waals surface area contributed by atoms with Crippen molar-refractivity contribution in [2.45, 2.75) is 0 Å². The van der Waals surface area contributed by atoms with Crippen LogP contribution in [-0.2, 0) is 0 Å². The van der Waals surface area contributed by atoms with Crippen molar-refractivity contribution in [3.8, 4) is 22.7 Å². The molecule has 4 rings (SSSR count). The van der Waals surface area contributed by atoms with Gasteiger partial charge in [-0.05, 0) is 28.6 Å². The number of pyridine rings is 1. The molecule has 0 fully saturated rings. The first-order chi connectivity index (χ1) is 11.3. The maximum absolute atomic E-state index is 13.0. The van der Waals surface area contributed by atoms with Gasteiger partial charge in [-0.25, -0.2) is 0 Å². The number of aromatic nitrogens is 3. The second-order valence-corrected chi connectivity index (χ2v) is 5.18. The van der Waals surface area contributed by atoms with E-state index in [1.165, 1.54) is 0 Å². The molecule has 2 aromatic carbocycles. The van der Waals surface area contributed by atoms with Gasteiger partial charge in [-0.2, -0.15) is 0 Å². The highest BCUT2D eigenvalue weighted by atomic mass is 16.3. The quantitative estimate of drug-likeness (QED) is 0.535. The van der Waals surface area contributed by atoms with Crippen molar-refractivity contribution >= 4 is 10.9 Å². The largest absolute Gasteiger partial charge is 0.867 e. The lowest BCUT2D eigenvalue weighted by atomic mass is 10.1. The van der Waals surface area contributed by atoms with Crippen LogP contribution < -0.4 is 9.79 Å². The van der Waals surface area contributed by atoms with E-state index in [0.29, 0.717) is 16.6 Å². The molecule has 0 N–H and O–H groups in total. The Morgan fingerprint density at radius 2 is 1.61 bits per heavy atom. The lowest BCUT2D eigenvalue weighted by Gasteiger charge is -2.13. The number of benzene rings is 2. The van der Waals surface area contributed by atoms with Crippen molar-refractivity contribution in [1.82, 2.24) is 10.1 Å². The molecule has 23 heavy (non-hydrogen) atoms. The van der Waals surface area contributed by atoms with Gasteiger partial charge in [0.15, 0.2) is 0 Å². The Bertz CT molecular complexity index is 970. The second kappa shape index (κ2) is 5.50. The molecule has 110 valence electrons. The third-order valence-corrected chi connectivity index (χ3v) is 3.72. The average Bonchev–Trinajstić information content (AvgIpc) is 2.63. The minimum Gasteiger partial charge on any atom is -0.867 e. The molecule has 4 nitrogen and oxygen atoms in total. The fourth-order valence-electron chi connectivity index (χ4n) is 2.65. The summed E-state index contributed by atoms with van der Waals surface area (Å²) in [7, 11) is 0. The van der Waals surface area contributed by atoms with E-state index in [2.05, 4.69) is 10.1 Å². The third-order valence-electron chi connectivity index (χ3n) is 3.72. The van der Waals surface area contributed by atoms with Crippen molar-refractivity contribution < 1.29 is 9.79 Å². The molecule has 0 radical (unpaired) electrons. The van der Waals surface area contributed by atoms with Gasteiger partial charge in [0.1, 0.15) is 5.52 Å². The topological polar surface area (TPSA) is 52.7 Å². The van der Waals surface area contributed by atoms with E-state index in [0.717, 1.165) is 11.3 Å². The van der Waals surface area contributed by atoms with Gasteiger partial charge in [0.05, 0.1) is 5.56 Å². The van der Waals surface area contributed by atoms with Crippen LogP contribution in [-0.4, -0.2) is 10.1 Å². The van der Waals surface area contributed by atoms with Crippen molar-refractivity contribution in [2.24, 2.45) is 0 Å². The standard InChI is InChI=1S/C19H13N3O/c23-19-16-10-4-5-11-17(16)21-22(15-8-2-1-3-9-15)18(19)14-7-6-12-20-13-14/h1-13H. The maximum atomic E-state index is 13.0. The van der Waals surface area contributed by atoms with Crippen molar-refractivity contribution in [3.63, 3.8) is 0 Å². The fourth-order valence-corrected chi connectivity index (χ4v) is 2.65. The van der Waals surface area contributed by atoms with Gasteiger partial charge in [-0.1, -0.05) is 36.4 Å². The Kier molecular flexibility index (Phi) is 3.20. The molecule has 0 aliphatic heterocycles. The molecule has 0 spiro atoms. The first-order valence-corrected chi connectivity index (χ1v) is 7.32. The normalized spacial score (nSPS) is 10.8. The van der Waals surface area contributed by atoms with Gasteiger partial charge < -0.3 is 5.11 Å². The van der Waals surface area contributed by atoms with Crippen LogP contribution in [0.25, 0.3) is 27.8 Å². The lowest BCUT2D eigenvalue weighted by molar-refractivity contribution is -0.648. The zero-order valence-electron chi connectivity index (χ0n) is 12.3. The SMILES string of the molecule is [O-]c1c(-c2cccnc2)[n+](-c2ccccc2)nc2ccccc12. The summed E-state index contributed by atoms with van der Waals surface area (Å²) in [5.74, 6) is -0.0487. The molecular weight excluding hydrogens is 286 g/mol. The zero-order chi connectivity index (χ0) is 15.6. The number of hydrogen-bond donors (Lipinski definition) is 0. The monoisotopic (exact) mass is 299 g/mol. The highest BCUT2D eigenvalue weighted by molar-refractivity contribution is 5.88. The molecule has 0 aliphatic carbocycles. The van der Waals surface area contributed by atoms with Gasteiger partial charge in [-0.15, -0.1) is 0 Å². The van der Waals surface area contributed by atoms with Crippen LogP contribution in [0.4, 0.5) is 0 Å². The molecule has 0 aliphatic rings. The molecule has 0 bridgehead atoms. The van der Waals surface area contributed by atoms with E-state index < -0.39 is 0 Å². The van der Waals surface area contributed by atoms with E-state index in [4.69, 9.17) is 0 Å². The number of hydrogen-bond acceptors (Lipinski definition) is 3. The number of rotatable bonds is 2. The van der Waals surface area contributed by atoms with Crippen LogP contribution >= 0.6 is 0 Å². The molecule has 4 aromatic rings. The van der Waals surface area contributed by atoms with Gasteiger partial charge in [-0.3, -0.25) is 4.98 Å². The summed E-state index contributed by atoms with van der Waals surface area (Å²) < 4.78 is 1.70. The zero-order valence-corrected chi connectivity index (χ0v) is 12.3. The minimum atomic E-state index is -0.0487. The minimum absolute atomic E-state index is 0.0487. The van der Waals surface area contributed by atoms with Gasteiger partial charge in [0.2, 0.25) is 11.4 Å². The van der Waals surface area contributed by atoms with E-state index in [1.807, 2.05) is 60.7 Å². The summed E-state index contributed by atoms with van der Waals surface area (Å²) in [6.07, 6.45) is 3.38. The van der Waals surface area contributed by atoms with Crippen molar-refractivity contribution in [1.29, 1.82) is 0 Å². The number of fused-ring (bicyclic) bond motifs is 1. The first kappa shape index (κ1) is 13.4. The van der Waals surface area contributed by atoms with Crippen LogP contribution in [0.3, 0.4) is 0 Å². The molecule has 0 saturated heterocycles. The summed E-state index contributed by atoms with van der Waals surface area (Å²) in [6, 6.07) is 20.7. The van der Waals surface area contributed by atoms with Crippen LogP contribution in [0.1, 0.15) is 0 Å². The third kappa shape index (κ3) is 2.30. The summed E-state index contributed by atoms with van der Waals surface area (Å²) in [5, 5.41) is 18.3. The predicted octanol–water partition coefficient (Wildman–Crippen LogP) is 2.65. The molecule has 0 unspecified atom stereocenters. The predicted molar refractivity (Wildman–Crippen MR) is 86.0 cm³/mol. The molecule has 4 heteroatoms. The summed E-state index contributed by atoms with van der Waals surface area (Å²) in [4.78, 5) is 4.14. The van der Waals surface area contributed by atoms with Gasteiger partial charge >= 0.3 is 0 Å². The van der Waals surface area contributed by atoms with Crippen LogP contribution in [0.5, 0.6) is 5.75 Å². The number of nitrogens with zero attached hydrogens (tertiary/aromatic N) is 3. The molecule has 0 amide bonds. The van der Waals surface area contributed by atoms with E-state index in [9.17, 15) is 5.11 Å². The Balaban J connectivity index is 2.11. The van der Waals surface area contributed by atoms with Crippen molar-refractivity contribution in [3.05, 3.63) is 79.1 Å². The molecule has 0 saturated carbocycles. The van der Waals surface area contributed by atoms with Crippen LogP contribution in [0.15, 0.2) is 79.1 Å². The highest BCUT2D eigenvalue weighted by Gasteiger charge is 2.21. The molecular formula is C19H13N3O. The summed E-state index contributed by atoms with van der Waals surface area (Å²) in [5.41, 5.74) is 2.78. The molecule has 2 aromatic heterocycles. The summed E-state index contributed by atoms with van der Waals surface area (Å²) >= 11 is 0. The van der Waals surface area contributed by atoms with Gasteiger partial charge in [0, 0.05) is 35.0 Å². The lowest BCUT2D eigenvalue weighted by Crippen LogP contribution is -2.38. The smallest absolute Gasteiger partial charge is 0.240 e. The van der Waals surface area contributed by atoms with Crippen LogP contribution in [0, 0.1) is 0 Å². The van der Waals surface area contributed by atoms with E-state index in [-0.39, 0.29) is 5.75 Å². The average molecular weight is 299 g/mol. The van der Waals surface area contributed by atoms with Crippen molar-refractivity contribution in [2.75, 3.05) is 0 Å². The van der Waals surface area contributed by atoms with E-state index >= 15 is 0 Å². The Morgan fingerprint density at radius 1 is 0.826 bits per heavy atom. The highest BCUT2D eigenvalue weighted by Crippen LogP contribution is 2.29. The maximum Gasteiger partial charge on any atom is 0.240 e. The molecule has 2 heterocycles. The van der Waals surface area contributed by atoms with Gasteiger partial charge in [0.25, 0.3) is 0 Å². The Hall–Kier alpha value is -3.27. The first-order valence-electron chi connectivity index (χ1n) is 7.32. The Morgan fingerprint density at radius 3 is 2.39 bits per heavy atom. The second-order valence-electron chi connectivity index (χ2n) is 5.18. The fraction of sp³-hybridized carbons (Fsp3) is 0. The molecule has 0 atom stereocenters. The Labute approximate surface area is 133 Å². The summed E-state index contributed by atoms with van der Waals surface area (Å²) in [6.45, 7) is 0. The van der Waals surface area contributed by atoms with Crippen LogP contribution in [0.2, 0.25) is 0 Å². The number of para-hydroxylation sites is 1.